The van der Waals surface area contributed by atoms with Crippen LogP contribution >= 0.6 is 0 Å². The van der Waals surface area contributed by atoms with Crippen LogP contribution in [0.15, 0.2) is 48.7 Å². The van der Waals surface area contributed by atoms with E-state index in [1.165, 1.54) is 11.3 Å². The quantitative estimate of drug-likeness (QED) is 0.724. The van der Waals surface area contributed by atoms with E-state index in [0.29, 0.717) is 0 Å². The van der Waals surface area contributed by atoms with E-state index >= 15 is 0 Å². The molecule has 3 aromatic rings. The molecule has 26 heavy (non-hydrogen) atoms. The van der Waals surface area contributed by atoms with Gasteiger partial charge in [-0.15, -0.1) is 0 Å². The van der Waals surface area contributed by atoms with Crippen molar-refractivity contribution in [1.29, 1.82) is 0 Å². The summed E-state index contributed by atoms with van der Waals surface area (Å²) in [4.78, 5) is 16.2. The van der Waals surface area contributed by atoms with E-state index in [1.54, 1.807) is 7.11 Å². The topological polar surface area (TPSA) is 51.1 Å². The summed E-state index contributed by atoms with van der Waals surface area (Å²) in [5.74, 6) is 1.71. The maximum absolute atomic E-state index is 5.23. The van der Waals surface area contributed by atoms with E-state index in [4.69, 9.17) is 9.72 Å². The van der Waals surface area contributed by atoms with Gasteiger partial charge in [-0.2, -0.15) is 0 Å². The minimum Gasteiger partial charge on any atom is -0.497 e. The van der Waals surface area contributed by atoms with Gasteiger partial charge in [-0.1, -0.05) is 6.07 Å². The van der Waals surface area contributed by atoms with E-state index in [9.17, 15) is 0 Å². The van der Waals surface area contributed by atoms with Gasteiger partial charge in [0.1, 0.15) is 11.6 Å². The molecule has 132 valence electrons. The van der Waals surface area contributed by atoms with E-state index in [2.05, 4.69) is 27.0 Å². The Hall–Kier alpha value is -2.79. The fourth-order valence-electron chi connectivity index (χ4n) is 3.33. The molecule has 0 radical (unpaired) electrons. The largest absolute Gasteiger partial charge is 0.497 e. The first-order valence-corrected chi connectivity index (χ1v) is 8.85. The first-order valence-electron chi connectivity index (χ1n) is 8.85. The van der Waals surface area contributed by atoms with Gasteiger partial charge in [-0.3, -0.25) is 9.88 Å². The molecule has 0 amide bonds. The minimum absolute atomic E-state index is 0.831. The van der Waals surface area contributed by atoms with Crippen molar-refractivity contribution in [3.8, 4) is 17.0 Å². The molecule has 1 aliphatic heterocycles. The number of hydrogen-bond donors (Lipinski definition) is 0. The third kappa shape index (κ3) is 3.58. The van der Waals surface area contributed by atoms with Gasteiger partial charge >= 0.3 is 0 Å². The van der Waals surface area contributed by atoms with Crippen LogP contribution in [0.3, 0.4) is 0 Å². The molecule has 0 fully saturated rings. The average Bonchev–Trinajstić information content (AvgIpc) is 2.68. The highest BCUT2D eigenvalue weighted by Crippen LogP contribution is 2.22. The lowest BCUT2D eigenvalue weighted by Gasteiger charge is -2.27. The van der Waals surface area contributed by atoms with Gasteiger partial charge in [0.05, 0.1) is 18.5 Å². The summed E-state index contributed by atoms with van der Waals surface area (Å²) in [5.41, 5.74) is 5.58. The zero-order valence-corrected chi connectivity index (χ0v) is 15.1. The molecule has 0 unspecified atom stereocenters. The fraction of sp³-hybridized carbons (Fsp3) is 0.286. The number of rotatable bonds is 4. The normalized spacial score (nSPS) is 14.1. The van der Waals surface area contributed by atoms with E-state index in [0.717, 1.165) is 54.6 Å². The Kier molecular flexibility index (Phi) is 4.63. The molecule has 1 aliphatic rings. The van der Waals surface area contributed by atoms with Crippen molar-refractivity contribution in [2.75, 3.05) is 13.7 Å². The monoisotopic (exact) mass is 346 g/mol. The van der Waals surface area contributed by atoms with Crippen LogP contribution in [-0.4, -0.2) is 33.5 Å². The number of benzene rings is 1. The maximum atomic E-state index is 5.23. The molecule has 5 heteroatoms. The van der Waals surface area contributed by atoms with Crippen molar-refractivity contribution in [2.45, 2.75) is 26.4 Å². The Morgan fingerprint density at radius 3 is 2.73 bits per heavy atom. The third-order valence-corrected chi connectivity index (χ3v) is 4.71. The molecule has 0 N–H and O–H groups in total. The summed E-state index contributed by atoms with van der Waals surface area (Å²) in [6.45, 7) is 4.65. The lowest BCUT2D eigenvalue weighted by atomic mass is 10.1. The molecule has 0 atom stereocenters. The fourth-order valence-corrected chi connectivity index (χ4v) is 3.33. The van der Waals surface area contributed by atoms with Crippen molar-refractivity contribution in [3.05, 3.63) is 71.4 Å². The highest BCUT2D eigenvalue weighted by molar-refractivity contribution is 5.60. The Morgan fingerprint density at radius 2 is 1.92 bits per heavy atom. The Labute approximate surface area is 153 Å². The van der Waals surface area contributed by atoms with Gasteiger partial charge in [0.25, 0.3) is 0 Å². The Bertz CT molecular complexity index is 908. The molecule has 0 spiro atoms. The molecule has 0 bridgehead atoms. The van der Waals surface area contributed by atoms with Gasteiger partial charge in [-0.05, 0) is 43.3 Å². The van der Waals surface area contributed by atoms with Gasteiger partial charge in [-0.25, -0.2) is 9.97 Å². The van der Waals surface area contributed by atoms with Crippen LogP contribution in [-0.2, 0) is 19.5 Å². The average molecular weight is 346 g/mol. The zero-order chi connectivity index (χ0) is 17.9. The van der Waals surface area contributed by atoms with Crippen LogP contribution < -0.4 is 4.74 Å². The van der Waals surface area contributed by atoms with Crippen molar-refractivity contribution >= 4 is 0 Å². The van der Waals surface area contributed by atoms with Gasteiger partial charge in [0, 0.05) is 49.1 Å². The summed E-state index contributed by atoms with van der Waals surface area (Å²) >= 11 is 0. The number of hydrogen-bond acceptors (Lipinski definition) is 5. The maximum Gasteiger partial charge on any atom is 0.125 e. The predicted molar refractivity (Wildman–Crippen MR) is 101 cm³/mol. The lowest BCUT2D eigenvalue weighted by Crippen LogP contribution is -2.31. The molecule has 2 aromatic heterocycles. The standard InChI is InChI=1S/C21H22N4O/c1-15-22-12-17-13-25(11-10-21(17)23-15)14-18-4-3-5-20(24-18)16-6-8-19(26-2)9-7-16/h3-9,12H,10-11,13-14H2,1-2H3. The summed E-state index contributed by atoms with van der Waals surface area (Å²) in [5, 5.41) is 0. The summed E-state index contributed by atoms with van der Waals surface area (Å²) in [6.07, 6.45) is 2.93. The highest BCUT2D eigenvalue weighted by Gasteiger charge is 2.18. The smallest absolute Gasteiger partial charge is 0.125 e. The second kappa shape index (κ2) is 7.22. The number of aryl methyl sites for hydroxylation is 1. The number of aromatic nitrogens is 3. The van der Waals surface area contributed by atoms with Crippen LogP contribution in [0.4, 0.5) is 0 Å². The molecular formula is C21H22N4O. The molecular weight excluding hydrogens is 324 g/mol. The molecule has 3 heterocycles. The zero-order valence-electron chi connectivity index (χ0n) is 15.1. The van der Waals surface area contributed by atoms with E-state index in [1.807, 2.05) is 43.5 Å². The number of pyridine rings is 1. The molecule has 0 aliphatic carbocycles. The number of fused-ring (bicyclic) bond motifs is 1. The summed E-state index contributed by atoms with van der Waals surface area (Å²) in [7, 11) is 1.68. The molecule has 5 nitrogen and oxygen atoms in total. The van der Waals surface area contributed by atoms with Crippen LogP contribution in [0.2, 0.25) is 0 Å². The molecule has 0 saturated heterocycles. The summed E-state index contributed by atoms with van der Waals surface area (Å²) in [6, 6.07) is 14.2. The SMILES string of the molecule is COc1ccc(-c2cccc(CN3CCc4nc(C)ncc4C3)n2)cc1. The minimum atomic E-state index is 0.831. The van der Waals surface area contributed by atoms with Gasteiger partial charge < -0.3 is 4.74 Å². The van der Waals surface area contributed by atoms with Crippen LogP contribution in [0.1, 0.15) is 22.8 Å². The van der Waals surface area contributed by atoms with Crippen LogP contribution in [0.5, 0.6) is 5.75 Å². The Balaban J connectivity index is 1.49. The van der Waals surface area contributed by atoms with Crippen LogP contribution in [0.25, 0.3) is 11.3 Å². The molecule has 1 aromatic carbocycles. The van der Waals surface area contributed by atoms with E-state index < -0.39 is 0 Å². The summed E-state index contributed by atoms with van der Waals surface area (Å²) < 4.78 is 5.23. The number of nitrogens with zero attached hydrogens (tertiary/aromatic N) is 4. The second-order valence-electron chi connectivity index (χ2n) is 6.59. The first-order chi connectivity index (χ1) is 12.7. The first kappa shape index (κ1) is 16.7. The molecule has 0 saturated carbocycles. The van der Waals surface area contributed by atoms with Crippen molar-refractivity contribution in [2.24, 2.45) is 0 Å². The van der Waals surface area contributed by atoms with Crippen molar-refractivity contribution in [1.82, 2.24) is 19.9 Å². The van der Waals surface area contributed by atoms with Crippen molar-refractivity contribution in [3.63, 3.8) is 0 Å². The molecule has 4 rings (SSSR count). The lowest BCUT2D eigenvalue weighted by molar-refractivity contribution is 0.240. The van der Waals surface area contributed by atoms with Crippen LogP contribution in [0, 0.1) is 6.92 Å². The second-order valence-corrected chi connectivity index (χ2v) is 6.59. The van der Waals surface area contributed by atoms with Gasteiger partial charge in [0.2, 0.25) is 0 Å². The van der Waals surface area contributed by atoms with Gasteiger partial charge in [0.15, 0.2) is 0 Å². The number of ether oxygens (including phenoxy) is 1. The highest BCUT2D eigenvalue weighted by atomic mass is 16.5. The number of methoxy groups -OCH3 is 1. The Morgan fingerprint density at radius 1 is 1.08 bits per heavy atom. The predicted octanol–water partition coefficient (Wildman–Crippen LogP) is 3.41. The third-order valence-electron chi connectivity index (χ3n) is 4.71. The van der Waals surface area contributed by atoms with Crippen molar-refractivity contribution < 1.29 is 4.74 Å². The van der Waals surface area contributed by atoms with E-state index in [-0.39, 0.29) is 0 Å².